The van der Waals surface area contributed by atoms with Crippen LogP contribution in [0.4, 0.5) is 0 Å². The Morgan fingerprint density at radius 2 is 2.35 bits per heavy atom. The maximum atomic E-state index is 12.1. The van der Waals surface area contributed by atoms with Gasteiger partial charge in [0, 0.05) is 19.6 Å². The van der Waals surface area contributed by atoms with E-state index in [1.54, 1.807) is 0 Å². The summed E-state index contributed by atoms with van der Waals surface area (Å²) in [6.45, 7) is 0.291. The van der Waals surface area contributed by atoms with Crippen LogP contribution in [0.15, 0.2) is 11.2 Å². The van der Waals surface area contributed by atoms with Gasteiger partial charge in [0.1, 0.15) is 0 Å². The fraction of sp³-hybridized carbons (Fsp3) is 0.667. The van der Waals surface area contributed by atoms with Crippen LogP contribution in [0.2, 0.25) is 5.02 Å². The Hall–Kier alpha value is -0.630. The maximum absolute atomic E-state index is 12.1. The van der Waals surface area contributed by atoms with Gasteiger partial charge in [-0.05, 0) is 18.8 Å². The molecule has 0 bridgehead atoms. The molecule has 0 aromatic carbocycles. The van der Waals surface area contributed by atoms with Crippen molar-refractivity contribution in [2.24, 2.45) is 18.7 Å². The third kappa shape index (κ3) is 2.62. The molecule has 0 saturated heterocycles. The molecule has 1 aliphatic rings. The van der Waals surface area contributed by atoms with Crippen LogP contribution in [-0.4, -0.2) is 30.8 Å². The first-order chi connectivity index (χ1) is 7.95. The number of nitrogens with two attached hydrogens (primary N) is 1. The molecular weight excluding hydrogens is 264 g/mol. The van der Waals surface area contributed by atoms with Gasteiger partial charge in [0.25, 0.3) is 10.0 Å². The summed E-state index contributed by atoms with van der Waals surface area (Å²) in [5.41, 5.74) is 5.57. The molecule has 6 nitrogen and oxygen atoms in total. The zero-order chi connectivity index (χ0) is 12.6. The van der Waals surface area contributed by atoms with Gasteiger partial charge in [-0.15, -0.1) is 0 Å². The minimum atomic E-state index is -3.66. The lowest BCUT2D eigenvalue weighted by molar-refractivity contribution is 0.510. The molecule has 1 unspecified atom stereocenters. The van der Waals surface area contributed by atoms with Crippen LogP contribution in [-0.2, 0) is 17.1 Å². The average molecular weight is 279 g/mol. The zero-order valence-corrected chi connectivity index (χ0v) is 11.0. The molecule has 0 amide bonds. The summed E-state index contributed by atoms with van der Waals surface area (Å²) in [6, 6.07) is -0.217. The number of rotatable bonds is 5. The zero-order valence-electron chi connectivity index (χ0n) is 9.43. The second-order valence-corrected chi connectivity index (χ2v) is 6.26. The Morgan fingerprint density at radius 3 is 2.76 bits per heavy atom. The lowest BCUT2D eigenvalue weighted by atomic mass is 10.2. The van der Waals surface area contributed by atoms with Gasteiger partial charge < -0.3 is 5.73 Å². The topological polar surface area (TPSA) is 90.0 Å². The molecule has 0 radical (unpaired) electrons. The van der Waals surface area contributed by atoms with E-state index in [4.69, 9.17) is 17.3 Å². The predicted molar refractivity (Wildman–Crippen MR) is 64.1 cm³/mol. The molecule has 1 atom stereocenters. The van der Waals surface area contributed by atoms with Crippen LogP contribution in [0.25, 0.3) is 0 Å². The largest absolute Gasteiger partial charge is 0.329 e. The molecule has 96 valence electrons. The summed E-state index contributed by atoms with van der Waals surface area (Å²) in [7, 11) is -2.12. The Labute approximate surface area is 105 Å². The number of hydrogen-bond acceptors (Lipinski definition) is 4. The molecule has 1 aliphatic carbocycles. The van der Waals surface area contributed by atoms with E-state index < -0.39 is 10.0 Å². The van der Waals surface area contributed by atoms with Gasteiger partial charge >= 0.3 is 0 Å². The summed E-state index contributed by atoms with van der Waals surface area (Å²) in [6.07, 6.45) is 3.34. The smallest absolute Gasteiger partial charge is 0.259 e. The first-order valence-corrected chi connectivity index (χ1v) is 7.21. The first-order valence-electron chi connectivity index (χ1n) is 5.35. The molecular formula is C9H15ClN4O2S. The molecule has 1 aromatic heterocycles. The Balaban J connectivity index is 2.24. The minimum absolute atomic E-state index is 0.0155. The van der Waals surface area contributed by atoms with Gasteiger partial charge in [-0.2, -0.15) is 5.10 Å². The van der Waals surface area contributed by atoms with Crippen molar-refractivity contribution in [3.8, 4) is 0 Å². The predicted octanol–water partition coefficient (Wildman–Crippen LogP) is 0.0891. The van der Waals surface area contributed by atoms with E-state index in [9.17, 15) is 8.42 Å². The van der Waals surface area contributed by atoms with Gasteiger partial charge in [-0.25, -0.2) is 13.1 Å². The molecule has 0 aliphatic heterocycles. The van der Waals surface area contributed by atoms with E-state index in [1.165, 1.54) is 17.9 Å². The van der Waals surface area contributed by atoms with E-state index in [1.807, 2.05) is 0 Å². The van der Waals surface area contributed by atoms with Crippen LogP contribution < -0.4 is 10.5 Å². The number of aromatic nitrogens is 2. The maximum Gasteiger partial charge on any atom is 0.259 e. The third-order valence-electron chi connectivity index (χ3n) is 2.85. The van der Waals surface area contributed by atoms with Crippen molar-refractivity contribution in [1.82, 2.24) is 14.5 Å². The SMILES string of the molecule is Cn1ncc(Cl)c1S(=O)(=O)NC(CN)C1CC1. The molecule has 3 N–H and O–H groups in total. The van der Waals surface area contributed by atoms with E-state index in [2.05, 4.69) is 9.82 Å². The van der Waals surface area contributed by atoms with Crippen molar-refractivity contribution in [3.63, 3.8) is 0 Å². The fourth-order valence-corrected chi connectivity index (χ4v) is 3.77. The van der Waals surface area contributed by atoms with E-state index in [-0.39, 0.29) is 16.1 Å². The van der Waals surface area contributed by atoms with Crippen molar-refractivity contribution in [1.29, 1.82) is 0 Å². The highest BCUT2D eigenvalue weighted by molar-refractivity contribution is 7.89. The second-order valence-electron chi connectivity index (χ2n) is 4.22. The van der Waals surface area contributed by atoms with Gasteiger partial charge in [0.05, 0.1) is 11.2 Å². The van der Waals surface area contributed by atoms with Gasteiger partial charge in [0.15, 0.2) is 5.03 Å². The lowest BCUT2D eigenvalue weighted by Crippen LogP contribution is -2.42. The van der Waals surface area contributed by atoms with E-state index in [0.29, 0.717) is 12.5 Å². The molecule has 2 rings (SSSR count). The summed E-state index contributed by atoms with van der Waals surface area (Å²) >= 11 is 5.82. The number of nitrogens with zero attached hydrogens (tertiary/aromatic N) is 2. The number of nitrogens with one attached hydrogen (secondary N) is 1. The second kappa shape index (κ2) is 4.56. The highest BCUT2D eigenvalue weighted by Gasteiger charge is 2.34. The number of hydrogen-bond donors (Lipinski definition) is 2. The summed E-state index contributed by atoms with van der Waals surface area (Å²) in [5.74, 6) is 0.349. The van der Waals surface area contributed by atoms with Crippen molar-refractivity contribution in [3.05, 3.63) is 11.2 Å². The Kier molecular flexibility index (Phi) is 3.44. The molecule has 8 heteroatoms. The van der Waals surface area contributed by atoms with Crippen LogP contribution in [0.5, 0.6) is 0 Å². The molecule has 1 heterocycles. The highest BCUT2D eigenvalue weighted by Crippen LogP contribution is 2.33. The average Bonchev–Trinajstić information content (AvgIpc) is 3.02. The quantitative estimate of drug-likeness (QED) is 0.799. The highest BCUT2D eigenvalue weighted by atomic mass is 35.5. The molecule has 0 spiro atoms. The number of halogens is 1. The summed E-state index contributed by atoms with van der Waals surface area (Å²) in [4.78, 5) is 0. The molecule has 1 aromatic rings. The van der Waals surface area contributed by atoms with Gasteiger partial charge in [-0.1, -0.05) is 11.6 Å². The van der Waals surface area contributed by atoms with Gasteiger partial charge in [0.2, 0.25) is 0 Å². The van der Waals surface area contributed by atoms with Crippen molar-refractivity contribution < 1.29 is 8.42 Å². The van der Waals surface area contributed by atoms with Crippen LogP contribution in [0.3, 0.4) is 0 Å². The Morgan fingerprint density at radius 1 is 1.71 bits per heavy atom. The van der Waals surface area contributed by atoms with Crippen molar-refractivity contribution in [2.45, 2.75) is 23.9 Å². The van der Waals surface area contributed by atoms with Gasteiger partial charge in [-0.3, -0.25) is 4.68 Å². The molecule has 1 fully saturated rings. The lowest BCUT2D eigenvalue weighted by Gasteiger charge is -2.16. The van der Waals surface area contributed by atoms with Crippen LogP contribution in [0.1, 0.15) is 12.8 Å². The monoisotopic (exact) mass is 278 g/mol. The van der Waals surface area contributed by atoms with E-state index >= 15 is 0 Å². The third-order valence-corrected chi connectivity index (χ3v) is 4.84. The van der Waals surface area contributed by atoms with Crippen LogP contribution >= 0.6 is 11.6 Å². The standard InChI is InChI=1S/C9H15ClN4O2S/c1-14-9(7(10)5-12-14)17(15,16)13-8(4-11)6-2-3-6/h5-6,8,13H,2-4,11H2,1H3. The minimum Gasteiger partial charge on any atom is -0.329 e. The summed E-state index contributed by atoms with van der Waals surface area (Å²) < 4.78 is 28.1. The van der Waals surface area contributed by atoms with E-state index in [0.717, 1.165) is 12.8 Å². The number of sulfonamides is 1. The Bertz CT molecular complexity index is 490. The molecule has 1 saturated carbocycles. The fourth-order valence-electron chi connectivity index (χ4n) is 1.79. The molecule has 17 heavy (non-hydrogen) atoms. The summed E-state index contributed by atoms with van der Waals surface area (Å²) in [5, 5.41) is 3.91. The van der Waals surface area contributed by atoms with Crippen molar-refractivity contribution >= 4 is 21.6 Å². The first kappa shape index (κ1) is 12.8. The van der Waals surface area contributed by atoms with Crippen molar-refractivity contribution in [2.75, 3.05) is 6.54 Å². The normalized spacial score (nSPS) is 18.3. The number of aryl methyl sites for hydroxylation is 1. The van der Waals surface area contributed by atoms with Crippen LogP contribution in [0, 0.1) is 5.92 Å².